The van der Waals surface area contributed by atoms with Crippen LogP contribution in [-0.2, 0) is 7.05 Å². The van der Waals surface area contributed by atoms with Gasteiger partial charge in [-0.15, -0.1) is 0 Å². The van der Waals surface area contributed by atoms with Crippen LogP contribution in [0.15, 0.2) is 48.8 Å². The smallest absolute Gasteiger partial charge is 0.257 e. The summed E-state index contributed by atoms with van der Waals surface area (Å²) in [7, 11) is 3.72. The number of rotatable bonds is 3. The van der Waals surface area contributed by atoms with Gasteiger partial charge in [-0.25, -0.2) is 4.98 Å². The molecular weight excluding hydrogens is 326 g/mol. The molecule has 1 aliphatic rings. The van der Waals surface area contributed by atoms with Crippen LogP contribution < -0.4 is 4.90 Å². The summed E-state index contributed by atoms with van der Waals surface area (Å²) in [5, 5.41) is 5.25. The maximum atomic E-state index is 12.6. The number of aromatic nitrogens is 3. The van der Waals surface area contributed by atoms with Gasteiger partial charge in [0.2, 0.25) is 0 Å². The normalized spacial score (nSPS) is 15.4. The van der Waals surface area contributed by atoms with E-state index in [2.05, 4.69) is 28.2 Å². The molecule has 134 valence electrons. The van der Waals surface area contributed by atoms with Crippen molar-refractivity contribution in [2.24, 2.45) is 7.05 Å². The van der Waals surface area contributed by atoms with Crippen LogP contribution in [0.5, 0.6) is 0 Å². The van der Waals surface area contributed by atoms with Gasteiger partial charge in [0.25, 0.3) is 5.91 Å². The highest BCUT2D eigenvalue weighted by atomic mass is 16.2. The first-order valence-corrected chi connectivity index (χ1v) is 8.98. The Labute approximate surface area is 153 Å². The number of amides is 1. The van der Waals surface area contributed by atoms with Gasteiger partial charge in [-0.05, 0) is 31.0 Å². The van der Waals surface area contributed by atoms with Gasteiger partial charge in [-0.3, -0.25) is 9.48 Å². The number of pyridine rings is 1. The first-order chi connectivity index (χ1) is 12.6. The molecule has 1 fully saturated rings. The monoisotopic (exact) mass is 349 g/mol. The molecule has 0 unspecified atom stereocenters. The summed E-state index contributed by atoms with van der Waals surface area (Å²) in [5.74, 6) is 1.06. The Morgan fingerprint density at radius 2 is 1.92 bits per heavy atom. The Balaban J connectivity index is 1.42. The number of aryl methyl sites for hydroxylation is 1. The number of benzene rings is 1. The van der Waals surface area contributed by atoms with Gasteiger partial charge >= 0.3 is 0 Å². The second-order valence-corrected chi connectivity index (χ2v) is 6.90. The summed E-state index contributed by atoms with van der Waals surface area (Å²) >= 11 is 0. The summed E-state index contributed by atoms with van der Waals surface area (Å²) in [6.45, 7) is 1.81. The van der Waals surface area contributed by atoms with Crippen LogP contribution in [0.1, 0.15) is 23.2 Å². The molecule has 4 rings (SSSR count). The molecule has 1 saturated heterocycles. The molecule has 0 saturated carbocycles. The third kappa shape index (κ3) is 3.14. The number of hydrogen-bond donors (Lipinski definition) is 0. The van der Waals surface area contributed by atoms with E-state index in [1.54, 1.807) is 17.1 Å². The van der Waals surface area contributed by atoms with E-state index in [1.165, 1.54) is 0 Å². The van der Waals surface area contributed by atoms with E-state index < -0.39 is 0 Å². The van der Waals surface area contributed by atoms with Gasteiger partial charge in [0.15, 0.2) is 0 Å². The Morgan fingerprint density at radius 3 is 2.65 bits per heavy atom. The fourth-order valence-electron chi connectivity index (χ4n) is 3.61. The third-order valence-electron chi connectivity index (χ3n) is 5.19. The standard InChI is InChI=1S/C20H23N5O/c1-23-14-16(13-21-23)20(26)24(2)17-9-11-25(12-10-17)19-8-7-15-5-3-4-6-18(15)22-19/h3-8,13-14,17H,9-12H2,1-2H3. The van der Waals surface area contributed by atoms with Crippen molar-refractivity contribution in [3.05, 3.63) is 54.4 Å². The van der Waals surface area contributed by atoms with Crippen molar-refractivity contribution in [1.82, 2.24) is 19.7 Å². The maximum absolute atomic E-state index is 12.6. The van der Waals surface area contributed by atoms with E-state index >= 15 is 0 Å². The number of para-hydroxylation sites is 1. The fraction of sp³-hybridized carbons (Fsp3) is 0.350. The first kappa shape index (κ1) is 16.6. The predicted molar refractivity (Wildman–Crippen MR) is 102 cm³/mol. The third-order valence-corrected chi connectivity index (χ3v) is 5.19. The molecule has 3 aromatic rings. The highest BCUT2D eigenvalue weighted by Gasteiger charge is 2.27. The lowest BCUT2D eigenvalue weighted by Gasteiger charge is -2.37. The number of nitrogens with zero attached hydrogens (tertiary/aromatic N) is 5. The zero-order valence-electron chi connectivity index (χ0n) is 15.2. The van der Waals surface area contributed by atoms with E-state index in [4.69, 9.17) is 4.98 Å². The average molecular weight is 349 g/mol. The molecule has 1 amide bonds. The van der Waals surface area contributed by atoms with Crippen LogP contribution in [-0.4, -0.2) is 51.8 Å². The van der Waals surface area contributed by atoms with Gasteiger partial charge in [-0.1, -0.05) is 18.2 Å². The molecule has 1 aromatic carbocycles. The van der Waals surface area contributed by atoms with E-state index in [0.29, 0.717) is 5.56 Å². The van der Waals surface area contributed by atoms with Crippen molar-refractivity contribution in [3.63, 3.8) is 0 Å². The van der Waals surface area contributed by atoms with Crippen molar-refractivity contribution < 1.29 is 4.79 Å². The maximum Gasteiger partial charge on any atom is 0.257 e. The molecule has 0 aliphatic carbocycles. The van der Waals surface area contributed by atoms with Gasteiger partial charge in [0.1, 0.15) is 5.82 Å². The average Bonchev–Trinajstić information content (AvgIpc) is 3.13. The first-order valence-electron chi connectivity index (χ1n) is 8.98. The fourth-order valence-corrected chi connectivity index (χ4v) is 3.61. The summed E-state index contributed by atoms with van der Waals surface area (Å²) in [6, 6.07) is 12.6. The van der Waals surface area contributed by atoms with E-state index in [9.17, 15) is 4.79 Å². The number of fused-ring (bicyclic) bond motifs is 1. The molecular formula is C20H23N5O. The molecule has 6 heteroatoms. The molecule has 0 bridgehead atoms. The SMILES string of the molecule is CN(C(=O)c1cnn(C)c1)C1CCN(c2ccc3ccccc3n2)CC1. The van der Waals surface area contributed by atoms with E-state index in [0.717, 1.165) is 42.7 Å². The van der Waals surface area contributed by atoms with Crippen LogP contribution in [0.4, 0.5) is 5.82 Å². The molecule has 0 spiro atoms. The van der Waals surface area contributed by atoms with Crippen molar-refractivity contribution in [2.45, 2.75) is 18.9 Å². The topological polar surface area (TPSA) is 54.3 Å². The molecule has 2 aromatic heterocycles. The van der Waals surface area contributed by atoms with Crippen molar-refractivity contribution in [2.75, 3.05) is 25.0 Å². The molecule has 0 radical (unpaired) electrons. The zero-order chi connectivity index (χ0) is 18.1. The van der Waals surface area contributed by atoms with Gasteiger partial charge in [-0.2, -0.15) is 5.10 Å². The van der Waals surface area contributed by atoms with Gasteiger partial charge in [0, 0.05) is 44.8 Å². The largest absolute Gasteiger partial charge is 0.356 e. The Kier molecular flexibility index (Phi) is 4.32. The second-order valence-electron chi connectivity index (χ2n) is 6.90. The molecule has 26 heavy (non-hydrogen) atoms. The van der Waals surface area contributed by atoms with Crippen LogP contribution in [0.3, 0.4) is 0 Å². The number of carbonyl (C=O) groups excluding carboxylic acids is 1. The number of anilines is 1. The van der Waals surface area contributed by atoms with Crippen molar-refractivity contribution in [1.29, 1.82) is 0 Å². The summed E-state index contributed by atoms with van der Waals surface area (Å²) in [6.07, 6.45) is 5.29. The second kappa shape index (κ2) is 6.78. The minimum atomic E-state index is 0.0420. The summed E-state index contributed by atoms with van der Waals surface area (Å²) < 4.78 is 1.66. The van der Waals surface area contributed by atoms with Crippen LogP contribution in [0.25, 0.3) is 10.9 Å². The number of carbonyl (C=O) groups is 1. The Morgan fingerprint density at radius 1 is 1.15 bits per heavy atom. The van der Waals surface area contributed by atoms with Crippen molar-refractivity contribution >= 4 is 22.6 Å². The molecule has 1 aliphatic heterocycles. The van der Waals surface area contributed by atoms with Crippen LogP contribution in [0, 0.1) is 0 Å². The highest BCUT2D eigenvalue weighted by Crippen LogP contribution is 2.23. The zero-order valence-corrected chi connectivity index (χ0v) is 15.2. The predicted octanol–water partition coefficient (Wildman–Crippen LogP) is 2.71. The van der Waals surface area contributed by atoms with Crippen molar-refractivity contribution in [3.8, 4) is 0 Å². The highest BCUT2D eigenvalue weighted by molar-refractivity contribution is 5.93. The number of hydrogen-bond acceptors (Lipinski definition) is 4. The molecule has 3 heterocycles. The van der Waals surface area contributed by atoms with Crippen LogP contribution >= 0.6 is 0 Å². The lowest BCUT2D eigenvalue weighted by molar-refractivity contribution is 0.0709. The van der Waals surface area contributed by atoms with Gasteiger partial charge in [0.05, 0.1) is 17.3 Å². The summed E-state index contributed by atoms with van der Waals surface area (Å²) in [5.41, 5.74) is 1.67. The molecule has 6 nitrogen and oxygen atoms in total. The Hall–Kier alpha value is -2.89. The van der Waals surface area contributed by atoms with Crippen LogP contribution in [0.2, 0.25) is 0 Å². The number of piperidine rings is 1. The van der Waals surface area contributed by atoms with Gasteiger partial charge < -0.3 is 9.80 Å². The Bertz CT molecular complexity index is 927. The quantitative estimate of drug-likeness (QED) is 0.730. The minimum absolute atomic E-state index is 0.0420. The molecule has 0 N–H and O–H groups in total. The lowest BCUT2D eigenvalue weighted by Crippen LogP contribution is -2.45. The minimum Gasteiger partial charge on any atom is -0.356 e. The summed E-state index contributed by atoms with van der Waals surface area (Å²) in [4.78, 5) is 21.6. The van der Waals surface area contributed by atoms with E-state index in [1.807, 2.05) is 37.2 Å². The lowest BCUT2D eigenvalue weighted by atomic mass is 10.0. The van der Waals surface area contributed by atoms with E-state index in [-0.39, 0.29) is 11.9 Å². The molecule has 0 atom stereocenters.